The minimum absolute atomic E-state index is 0.0224. The van der Waals surface area contributed by atoms with E-state index in [0.717, 1.165) is 19.3 Å². The second-order valence-corrected chi connectivity index (χ2v) is 4.48. The zero-order valence-corrected chi connectivity index (χ0v) is 7.53. The molecule has 0 radical (unpaired) electrons. The molecule has 3 unspecified atom stereocenters. The molecule has 3 nitrogen and oxygen atoms in total. The molecule has 1 aliphatic carbocycles. The molecule has 13 heavy (non-hydrogen) atoms. The van der Waals surface area contributed by atoms with Crippen molar-refractivity contribution in [2.45, 2.75) is 42.7 Å². The summed E-state index contributed by atoms with van der Waals surface area (Å²) in [5.74, 6) is 0. The SMILES string of the molecule is C=CC1OC2(CC2)CC2(CO2)C1O. The summed E-state index contributed by atoms with van der Waals surface area (Å²) < 4.78 is 11.2. The second-order valence-electron chi connectivity index (χ2n) is 4.48. The third-order valence-electron chi connectivity index (χ3n) is 3.41. The maximum Gasteiger partial charge on any atom is 0.123 e. The van der Waals surface area contributed by atoms with E-state index < -0.39 is 6.10 Å². The van der Waals surface area contributed by atoms with Crippen LogP contribution in [0.4, 0.5) is 0 Å². The van der Waals surface area contributed by atoms with Gasteiger partial charge in [0, 0.05) is 6.42 Å². The molecule has 0 bridgehead atoms. The molecule has 3 atom stereocenters. The highest BCUT2D eigenvalue weighted by molar-refractivity contribution is 5.17. The molecule has 0 aromatic carbocycles. The van der Waals surface area contributed by atoms with Crippen molar-refractivity contribution in [3.63, 3.8) is 0 Å². The van der Waals surface area contributed by atoms with Crippen molar-refractivity contribution in [2.24, 2.45) is 0 Å². The molecule has 0 aromatic rings. The normalized spacial score (nSPS) is 50.8. The van der Waals surface area contributed by atoms with Crippen LogP contribution >= 0.6 is 0 Å². The lowest BCUT2D eigenvalue weighted by Gasteiger charge is -2.37. The molecule has 72 valence electrons. The number of rotatable bonds is 1. The largest absolute Gasteiger partial charge is 0.387 e. The van der Waals surface area contributed by atoms with E-state index in [1.165, 1.54) is 0 Å². The van der Waals surface area contributed by atoms with E-state index in [2.05, 4.69) is 6.58 Å². The molecule has 0 aromatic heterocycles. The van der Waals surface area contributed by atoms with Crippen LogP contribution in [0.3, 0.4) is 0 Å². The number of aliphatic hydroxyl groups excluding tert-OH is 1. The Morgan fingerprint density at radius 1 is 1.46 bits per heavy atom. The summed E-state index contributed by atoms with van der Waals surface area (Å²) in [5.41, 5.74) is -0.262. The monoisotopic (exact) mass is 182 g/mol. The summed E-state index contributed by atoms with van der Waals surface area (Å²) in [4.78, 5) is 0. The third kappa shape index (κ3) is 1.01. The highest BCUT2D eigenvalue weighted by Gasteiger charge is 2.65. The van der Waals surface area contributed by atoms with Crippen LogP contribution in [0.5, 0.6) is 0 Å². The number of ether oxygens (including phenoxy) is 2. The van der Waals surface area contributed by atoms with Crippen molar-refractivity contribution in [3.8, 4) is 0 Å². The predicted octanol–water partition coefficient (Wildman–Crippen LogP) is 0.624. The highest BCUT2D eigenvalue weighted by Crippen LogP contribution is 2.56. The predicted molar refractivity (Wildman–Crippen MR) is 46.3 cm³/mol. The van der Waals surface area contributed by atoms with Gasteiger partial charge < -0.3 is 14.6 Å². The summed E-state index contributed by atoms with van der Waals surface area (Å²) in [6.45, 7) is 4.37. The second kappa shape index (κ2) is 2.16. The van der Waals surface area contributed by atoms with Gasteiger partial charge in [0.05, 0.1) is 12.2 Å². The number of epoxide rings is 1. The van der Waals surface area contributed by atoms with Crippen LogP contribution in [0.15, 0.2) is 12.7 Å². The Morgan fingerprint density at radius 2 is 2.15 bits per heavy atom. The third-order valence-corrected chi connectivity index (χ3v) is 3.41. The van der Waals surface area contributed by atoms with Crippen LogP contribution in [0.25, 0.3) is 0 Å². The topological polar surface area (TPSA) is 42.0 Å². The lowest BCUT2D eigenvalue weighted by atomic mass is 9.88. The fourth-order valence-corrected chi connectivity index (χ4v) is 2.32. The molecule has 3 fully saturated rings. The van der Waals surface area contributed by atoms with Crippen LogP contribution in [0, 0.1) is 0 Å². The first kappa shape index (κ1) is 7.97. The van der Waals surface area contributed by atoms with Crippen molar-refractivity contribution in [2.75, 3.05) is 6.61 Å². The zero-order chi connectivity index (χ0) is 9.10. The van der Waals surface area contributed by atoms with E-state index in [-0.39, 0.29) is 17.3 Å². The molecule has 3 aliphatic rings. The van der Waals surface area contributed by atoms with Gasteiger partial charge in [-0.1, -0.05) is 6.08 Å². The molecule has 2 spiro atoms. The van der Waals surface area contributed by atoms with Crippen molar-refractivity contribution >= 4 is 0 Å². The van der Waals surface area contributed by atoms with Gasteiger partial charge in [-0.3, -0.25) is 0 Å². The Morgan fingerprint density at radius 3 is 2.62 bits per heavy atom. The highest BCUT2D eigenvalue weighted by atomic mass is 16.6. The maximum atomic E-state index is 9.90. The van der Waals surface area contributed by atoms with Gasteiger partial charge in [-0.15, -0.1) is 6.58 Å². The Bertz CT molecular complexity index is 253. The Hall–Kier alpha value is -0.380. The Balaban J connectivity index is 1.87. The molecule has 2 aliphatic heterocycles. The minimum Gasteiger partial charge on any atom is -0.387 e. The van der Waals surface area contributed by atoms with Gasteiger partial charge >= 0.3 is 0 Å². The van der Waals surface area contributed by atoms with Gasteiger partial charge in [-0.2, -0.15) is 0 Å². The lowest BCUT2D eigenvalue weighted by Crippen LogP contribution is -2.50. The molecule has 2 heterocycles. The van der Waals surface area contributed by atoms with Gasteiger partial charge in [-0.25, -0.2) is 0 Å². The van der Waals surface area contributed by atoms with Crippen LogP contribution in [-0.2, 0) is 9.47 Å². The fraction of sp³-hybridized carbons (Fsp3) is 0.800. The van der Waals surface area contributed by atoms with Crippen LogP contribution < -0.4 is 0 Å². The van der Waals surface area contributed by atoms with Gasteiger partial charge in [-0.05, 0) is 12.8 Å². The van der Waals surface area contributed by atoms with Crippen LogP contribution in [-0.4, -0.2) is 35.1 Å². The molecule has 1 saturated carbocycles. The molecule has 1 N–H and O–H groups in total. The van der Waals surface area contributed by atoms with E-state index in [4.69, 9.17) is 9.47 Å². The number of hydrogen-bond donors (Lipinski definition) is 1. The summed E-state index contributed by atoms with van der Waals surface area (Å²) in [6, 6.07) is 0. The number of hydrogen-bond acceptors (Lipinski definition) is 3. The Labute approximate surface area is 77.3 Å². The van der Waals surface area contributed by atoms with E-state index >= 15 is 0 Å². The summed E-state index contributed by atoms with van der Waals surface area (Å²) >= 11 is 0. The van der Waals surface area contributed by atoms with Gasteiger partial charge in [0.1, 0.15) is 17.8 Å². The fourth-order valence-electron chi connectivity index (χ4n) is 2.32. The van der Waals surface area contributed by atoms with Crippen LogP contribution in [0.1, 0.15) is 19.3 Å². The molecule has 3 rings (SSSR count). The van der Waals surface area contributed by atoms with E-state index in [9.17, 15) is 5.11 Å². The van der Waals surface area contributed by atoms with Crippen molar-refractivity contribution in [3.05, 3.63) is 12.7 Å². The first-order valence-corrected chi connectivity index (χ1v) is 4.82. The minimum atomic E-state index is -0.517. The van der Waals surface area contributed by atoms with E-state index in [1.54, 1.807) is 6.08 Å². The van der Waals surface area contributed by atoms with Gasteiger partial charge in [0.15, 0.2) is 0 Å². The molecule has 2 saturated heterocycles. The lowest BCUT2D eigenvalue weighted by molar-refractivity contribution is -0.144. The molecule has 3 heteroatoms. The van der Waals surface area contributed by atoms with Gasteiger partial charge in [0.25, 0.3) is 0 Å². The average Bonchev–Trinajstić information content (AvgIpc) is 3.01. The van der Waals surface area contributed by atoms with Crippen molar-refractivity contribution < 1.29 is 14.6 Å². The van der Waals surface area contributed by atoms with E-state index in [1.807, 2.05) is 0 Å². The average molecular weight is 182 g/mol. The van der Waals surface area contributed by atoms with Crippen molar-refractivity contribution in [1.29, 1.82) is 0 Å². The van der Waals surface area contributed by atoms with Crippen molar-refractivity contribution in [1.82, 2.24) is 0 Å². The number of aliphatic hydroxyl groups is 1. The molecular weight excluding hydrogens is 168 g/mol. The summed E-state index contributed by atoms with van der Waals surface area (Å²) in [5, 5.41) is 9.90. The van der Waals surface area contributed by atoms with Crippen LogP contribution in [0.2, 0.25) is 0 Å². The standard InChI is InChI=1S/C10H14O3/c1-2-7-8(11)10(6-12-10)5-9(13-7)3-4-9/h2,7-8,11H,1,3-6H2. The maximum absolute atomic E-state index is 9.90. The molecular formula is C10H14O3. The summed E-state index contributed by atoms with van der Waals surface area (Å²) in [6.07, 6.45) is 4.01. The summed E-state index contributed by atoms with van der Waals surface area (Å²) in [7, 11) is 0. The Kier molecular flexibility index (Phi) is 1.33. The zero-order valence-electron chi connectivity index (χ0n) is 7.53. The quantitative estimate of drug-likeness (QED) is 0.477. The van der Waals surface area contributed by atoms with E-state index in [0.29, 0.717) is 6.61 Å². The first-order chi connectivity index (χ1) is 6.20. The smallest absolute Gasteiger partial charge is 0.123 e. The van der Waals surface area contributed by atoms with Gasteiger partial charge in [0.2, 0.25) is 0 Å². The molecule has 0 amide bonds. The first-order valence-electron chi connectivity index (χ1n) is 4.82.